The van der Waals surface area contributed by atoms with Crippen molar-refractivity contribution in [2.75, 3.05) is 0 Å². The van der Waals surface area contributed by atoms with Crippen LogP contribution in [0.1, 0.15) is 117 Å². The Hall–Kier alpha value is -0.130. The first-order valence-electron chi connectivity index (χ1n) is 10.5. The largest absolute Gasteiger partial charge is 0.393 e. The van der Waals surface area contributed by atoms with E-state index < -0.39 is 15.4 Å². The molecule has 0 aromatic heterocycles. The van der Waals surface area contributed by atoms with Crippen molar-refractivity contribution in [1.29, 1.82) is 0 Å². The molecule has 0 aliphatic rings. The van der Waals surface area contributed by atoms with Crippen LogP contribution < -0.4 is 0 Å². The number of unbranched alkanes of at least 4 members (excludes halogenated alkanes) is 11. The van der Waals surface area contributed by atoms with Gasteiger partial charge >= 0.3 is 0 Å². The van der Waals surface area contributed by atoms with Gasteiger partial charge in [0.05, 0.1) is 11.4 Å². The first-order chi connectivity index (χ1) is 11.9. The van der Waals surface area contributed by atoms with Gasteiger partial charge in [0.2, 0.25) is 0 Å². The summed E-state index contributed by atoms with van der Waals surface area (Å²) in [6.45, 7) is 4.01. The van der Waals surface area contributed by atoms with Crippen LogP contribution >= 0.6 is 0 Å². The highest BCUT2D eigenvalue weighted by atomic mass is 32.2. The van der Waals surface area contributed by atoms with Crippen molar-refractivity contribution in [2.24, 2.45) is 0 Å². The Balaban J connectivity index is 3.73. The van der Waals surface area contributed by atoms with Gasteiger partial charge in [-0.15, -0.1) is 0 Å². The third kappa shape index (κ3) is 17.1. The molecule has 2 atom stereocenters. The molecule has 0 radical (unpaired) electrons. The molecule has 25 heavy (non-hydrogen) atoms. The maximum atomic E-state index is 11.5. The molecule has 0 aromatic carbocycles. The average Bonchev–Trinajstić information content (AvgIpc) is 2.53. The molecule has 4 nitrogen and oxygen atoms in total. The fourth-order valence-electron chi connectivity index (χ4n) is 3.29. The van der Waals surface area contributed by atoms with Crippen LogP contribution in [0.5, 0.6) is 0 Å². The predicted octanol–water partition coefficient (Wildman–Crippen LogP) is 5.89. The summed E-state index contributed by atoms with van der Waals surface area (Å²) in [4.78, 5) is 0. The van der Waals surface area contributed by atoms with Gasteiger partial charge in [-0.25, -0.2) is 0 Å². The fourth-order valence-corrected chi connectivity index (χ4v) is 4.22. The Morgan fingerprint density at radius 3 is 1.40 bits per heavy atom. The predicted molar refractivity (Wildman–Crippen MR) is 107 cm³/mol. The maximum Gasteiger partial charge on any atom is 0.267 e. The molecule has 0 heterocycles. The second-order valence-electron chi connectivity index (χ2n) is 7.59. The molecular formula is C20H42O4S. The minimum Gasteiger partial charge on any atom is -0.393 e. The SMILES string of the molecule is CCCCCCCCCCCC(CCCCCCC(C)O)S(=O)(=O)O. The Bertz CT molecular complexity index is 379. The molecule has 0 spiro atoms. The minimum atomic E-state index is -3.92. The van der Waals surface area contributed by atoms with Gasteiger partial charge in [0.15, 0.2) is 0 Å². The summed E-state index contributed by atoms with van der Waals surface area (Å²) in [6.07, 6.45) is 16.4. The summed E-state index contributed by atoms with van der Waals surface area (Å²) in [6, 6.07) is 0. The van der Waals surface area contributed by atoms with E-state index in [2.05, 4.69) is 6.92 Å². The van der Waals surface area contributed by atoms with Crippen LogP contribution in [0.25, 0.3) is 0 Å². The number of hydrogen-bond acceptors (Lipinski definition) is 3. The molecule has 0 aliphatic carbocycles. The third-order valence-corrected chi connectivity index (χ3v) is 6.26. The van der Waals surface area contributed by atoms with Gasteiger partial charge in [0.25, 0.3) is 10.1 Å². The average molecular weight is 379 g/mol. The Labute approximate surface area is 156 Å². The summed E-state index contributed by atoms with van der Waals surface area (Å²) in [5, 5.41) is 8.61. The van der Waals surface area contributed by atoms with E-state index in [9.17, 15) is 18.1 Å². The van der Waals surface area contributed by atoms with Crippen LogP contribution in [-0.2, 0) is 10.1 Å². The Kier molecular flexibility index (Phi) is 16.0. The van der Waals surface area contributed by atoms with E-state index >= 15 is 0 Å². The van der Waals surface area contributed by atoms with E-state index in [1.54, 1.807) is 6.92 Å². The highest BCUT2D eigenvalue weighted by Crippen LogP contribution is 2.19. The zero-order chi connectivity index (χ0) is 19.0. The van der Waals surface area contributed by atoms with Crippen LogP contribution in [0.3, 0.4) is 0 Å². The van der Waals surface area contributed by atoms with E-state index in [1.165, 1.54) is 44.9 Å². The topological polar surface area (TPSA) is 74.6 Å². The molecule has 2 N–H and O–H groups in total. The number of hydrogen-bond donors (Lipinski definition) is 2. The van der Waals surface area contributed by atoms with Gasteiger partial charge in [-0.3, -0.25) is 4.55 Å². The lowest BCUT2D eigenvalue weighted by Crippen LogP contribution is -2.20. The lowest BCUT2D eigenvalue weighted by molar-refractivity contribution is 0.180. The van der Waals surface area contributed by atoms with Crippen molar-refractivity contribution in [3.8, 4) is 0 Å². The molecule has 0 saturated heterocycles. The van der Waals surface area contributed by atoms with Crippen molar-refractivity contribution in [3.63, 3.8) is 0 Å². The van der Waals surface area contributed by atoms with Gasteiger partial charge < -0.3 is 5.11 Å². The van der Waals surface area contributed by atoms with Crippen LogP contribution in [0.4, 0.5) is 0 Å². The van der Waals surface area contributed by atoms with E-state index in [1.807, 2.05) is 0 Å². The first kappa shape index (κ1) is 24.9. The molecule has 0 amide bonds. The lowest BCUT2D eigenvalue weighted by atomic mass is 10.0. The smallest absolute Gasteiger partial charge is 0.267 e. The van der Waals surface area contributed by atoms with Crippen molar-refractivity contribution in [2.45, 2.75) is 128 Å². The lowest BCUT2D eigenvalue weighted by Gasteiger charge is -2.14. The molecule has 152 valence electrons. The van der Waals surface area contributed by atoms with Crippen LogP contribution in [-0.4, -0.2) is 29.4 Å². The molecule has 2 unspecified atom stereocenters. The molecule has 0 bridgehead atoms. The zero-order valence-electron chi connectivity index (χ0n) is 16.6. The second kappa shape index (κ2) is 16.1. The van der Waals surface area contributed by atoms with E-state index in [4.69, 9.17) is 0 Å². The standard InChI is InChI=1S/C20H42O4S/c1-3-4-5-6-7-8-9-10-14-17-20(25(22,23)24)18-15-12-11-13-16-19(2)21/h19-21H,3-18H2,1-2H3,(H,22,23,24). The highest BCUT2D eigenvalue weighted by Gasteiger charge is 2.21. The summed E-state index contributed by atoms with van der Waals surface area (Å²) in [5.74, 6) is 0. The molecule has 5 heteroatoms. The molecule has 0 aliphatic heterocycles. The zero-order valence-corrected chi connectivity index (χ0v) is 17.4. The summed E-state index contributed by atoms with van der Waals surface area (Å²) in [7, 11) is -3.92. The minimum absolute atomic E-state index is 0.253. The quantitative estimate of drug-likeness (QED) is 0.230. The van der Waals surface area contributed by atoms with Crippen LogP contribution in [0.15, 0.2) is 0 Å². The molecule has 0 fully saturated rings. The summed E-state index contributed by atoms with van der Waals surface area (Å²) in [5.41, 5.74) is 0. The number of rotatable bonds is 18. The maximum absolute atomic E-state index is 11.5. The third-order valence-electron chi connectivity index (χ3n) is 4.95. The van der Waals surface area contributed by atoms with Crippen molar-refractivity contribution in [3.05, 3.63) is 0 Å². The number of aliphatic hydroxyl groups is 1. The normalized spacial score (nSPS) is 14.6. The van der Waals surface area contributed by atoms with Gasteiger partial charge in [-0.05, 0) is 26.2 Å². The van der Waals surface area contributed by atoms with E-state index in [0.29, 0.717) is 12.8 Å². The van der Waals surface area contributed by atoms with Crippen LogP contribution in [0, 0.1) is 0 Å². The van der Waals surface area contributed by atoms with Crippen molar-refractivity contribution < 1.29 is 18.1 Å². The molecular weight excluding hydrogens is 336 g/mol. The van der Waals surface area contributed by atoms with Gasteiger partial charge in [-0.1, -0.05) is 90.4 Å². The van der Waals surface area contributed by atoms with Gasteiger partial charge in [0.1, 0.15) is 0 Å². The first-order valence-corrected chi connectivity index (χ1v) is 12.0. The molecule has 0 aromatic rings. The monoisotopic (exact) mass is 378 g/mol. The fraction of sp³-hybridized carbons (Fsp3) is 1.00. The second-order valence-corrected chi connectivity index (χ2v) is 9.29. The van der Waals surface area contributed by atoms with Gasteiger partial charge in [-0.2, -0.15) is 8.42 Å². The Morgan fingerprint density at radius 1 is 0.680 bits per heavy atom. The summed E-state index contributed by atoms with van der Waals surface area (Å²) >= 11 is 0. The van der Waals surface area contributed by atoms with Crippen LogP contribution in [0.2, 0.25) is 0 Å². The summed E-state index contributed by atoms with van der Waals surface area (Å²) < 4.78 is 32.5. The van der Waals surface area contributed by atoms with Gasteiger partial charge in [0, 0.05) is 0 Å². The molecule has 0 saturated carbocycles. The van der Waals surface area contributed by atoms with Crippen molar-refractivity contribution >= 4 is 10.1 Å². The highest BCUT2D eigenvalue weighted by molar-refractivity contribution is 7.86. The number of aliphatic hydroxyl groups excluding tert-OH is 1. The Morgan fingerprint density at radius 2 is 1.04 bits per heavy atom. The van der Waals surface area contributed by atoms with E-state index in [-0.39, 0.29) is 6.10 Å². The van der Waals surface area contributed by atoms with Crippen molar-refractivity contribution in [1.82, 2.24) is 0 Å². The molecule has 0 rings (SSSR count). The van der Waals surface area contributed by atoms with E-state index in [0.717, 1.165) is 44.9 Å².